The van der Waals surface area contributed by atoms with Gasteiger partial charge in [-0.2, -0.15) is 0 Å². The Morgan fingerprint density at radius 1 is 0.415 bits per heavy atom. The third-order valence-corrected chi connectivity index (χ3v) is 9.27. The van der Waals surface area contributed by atoms with Crippen molar-refractivity contribution in [3.63, 3.8) is 0 Å². The molecule has 0 aromatic heterocycles. The van der Waals surface area contributed by atoms with Crippen LogP contribution < -0.4 is 0 Å². The minimum absolute atomic E-state index is 0.375. The monoisotopic (exact) mass is 542 g/mol. The summed E-state index contributed by atoms with van der Waals surface area (Å²) in [5.74, 6) is 0. The van der Waals surface area contributed by atoms with Crippen LogP contribution in [0.1, 0.15) is 23.6 Å². The maximum absolute atomic E-state index is 6.30. The van der Waals surface area contributed by atoms with Crippen molar-refractivity contribution in [3.05, 3.63) is 167 Å². The Balaban J connectivity index is 1.51. The lowest BCUT2D eigenvalue weighted by molar-refractivity contribution is 0.704. The number of rotatable bonds is 3. The zero-order valence-electron chi connectivity index (χ0n) is 22.7. The summed E-state index contributed by atoms with van der Waals surface area (Å²) in [6.45, 7) is 2.42. The number of halogens is 1. The maximum atomic E-state index is 6.30. The van der Waals surface area contributed by atoms with Gasteiger partial charge in [-0.1, -0.05) is 145 Å². The van der Waals surface area contributed by atoms with Gasteiger partial charge in [-0.25, -0.2) is 0 Å². The van der Waals surface area contributed by atoms with E-state index in [0.717, 1.165) is 5.02 Å². The minimum Gasteiger partial charge on any atom is -0.0843 e. The van der Waals surface area contributed by atoms with Crippen molar-refractivity contribution in [1.82, 2.24) is 0 Å². The standard InChI is InChI=1S/C40H27Cl/c1-40(36-18-8-13-28-12-7-15-31(38(28)36)27-20-22-29(41)23-21-27)35-17-6-5-14-32(35)34-25-24-30(26-10-3-2-4-11-26)33-16-9-19-37(40)39(33)34/h2-25H,1H3. The summed E-state index contributed by atoms with van der Waals surface area (Å²) in [5, 5.41) is 5.92. The van der Waals surface area contributed by atoms with Crippen LogP contribution in [0, 0.1) is 0 Å². The quantitative estimate of drug-likeness (QED) is 0.208. The van der Waals surface area contributed by atoms with Gasteiger partial charge in [0.1, 0.15) is 0 Å². The van der Waals surface area contributed by atoms with Gasteiger partial charge in [-0.05, 0) is 90.7 Å². The Hall–Kier alpha value is -4.65. The first-order valence-corrected chi connectivity index (χ1v) is 14.5. The Morgan fingerprint density at radius 2 is 1.00 bits per heavy atom. The van der Waals surface area contributed by atoms with Crippen molar-refractivity contribution < 1.29 is 0 Å². The van der Waals surface area contributed by atoms with E-state index in [0.29, 0.717) is 0 Å². The van der Waals surface area contributed by atoms with Crippen LogP contribution in [0.5, 0.6) is 0 Å². The second-order valence-electron chi connectivity index (χ2n) is 11.1. The first-order valence-electron chi connectivity index (χ1n) is 14.1. The van der Waals surface area contributed by atoms with Crippen LogP contribution in [0.15, 0.2) is 146 Å². The number of hydrogen-bond donors (Lipinski definition) is 0. The molecule has 41 heavy (non-hydrogen) atoms. The molecule has 8 rings (SSSR count). The topological polar surface area (TPSA) is 0 Å². The average molecular weight is 543 g/mol. The second kappa shape index (κ2) is 9.20. The highest BCUT2D eigenvalue weighted by atomic mass is 35.5. The van der Waals surface area contributed by atoms with Crippen molar-refractivity contribution >= 4 is 33.1 Å². The molecular formula is C40H27Cl. The lowest BCUT2D eigenvalue weighted by Gasteiger charge is -2.40. The number of hydrogen-bond acceptors (Lipinski definition) is 0. The molecular weight excluding hydrogens is 516 g/mol. The van der Waals surface area contributed by atoms with Crippen LogP contribution in [0.2, 0.25) is 5.02 Å². The molecule has 0 aliphatic heterocycles. The van der Waals surface area contributed by atoms with Gasteiger partial charge in [-0.15, -0.1) is 0 Å². The summed E-state index contributed by atoms with van der Waals surface area (Å²) in [6, 6.07) is 52.9. The Bertz CT molecular complexity index is 2100. The Kier molecular flexibility index (Phi) is 5.42. The molecule has 194 valence electrons. The fourth-order valence-electron chi connectivity index (χ4n) is 7.13. The molecule has 0 bridgehead atoms. The van der Waals surface area contributed by atoms with Crippen molar-refractivity contribution in [2.75, 3.05) is 0 Å². The van der Waals surface area contributed by atoms with E-state index < -0.39 is 0 Å². The van der Waals surface area contributed by atoms with E-state index in [4.69, 9.17) is 11.6 Å². The van der Waals surface area contributed by atoms with Crippen LogP contribution in [-0.4, -0.2) is 0 Å². The maximum Gasteiger partial charge on any atom is 0.0442 e. The first kappa shape index (κ1) is 24.2. The van der Waals surface area contributed by atoms with Crippen LogP contribution >= 0.6 is 11.6 Å². The van der Waals surface area contributed by atoms with E-state index >= 15 is 0 Å². The molecule has 1 aliphatic rings. The van der Waals surface area contributed by atoms with Gasteiger partial charge in [0.2, 0.25) is 0 Å². The first-order chi connectivity index (χ1) is 20.1. The van der Waals surface area contributed by atoms with Crippen LogP contribution in [0.4, 0.5) is 0 Å². The summed E-state index contributed by atoms with van der Waals surface area (Å²) in [5.41, 5.74) is 11.2. The molecule has 0 fully saturated rings. The predicted molar refractivity (Wildman–Crippen MR) is 175 cm³/mol. The number of fused-ring (bicyclic) bond motifs is 3. The molecule has 0 saturated heterocycles. The smallest absolute Gasteiger partial charge is 0.0442 e. The Labute approximate surface area is 245 Å². The van der Waals surface area contributed by atoms with Crippen molar-refractivity contribution in [1.29, 1.82) is 0 Å². The zero-order chi connectivity index (χ0) is 27.6. The van der Waals surface area contributed by atoms with Gasteiger partial charge >= 0.3 is 0 Å². The van der Waals surface area contributed by atoms with E-state index in [1.165, 1.54) is 71.6 Å². The third kappa shape index (κ3) is 3.54. The minimum atomic E-state index is -0.375. The molecule has 1 aliphatic carbocycles. The largest absolute Gasteiger partial charge is 0.0843 e. The zero-order valence-corrected chi connectivity index (χ0v) is 23.5. The number of benzene rings is 7. The molecule has 1 atom stereocenters. The highest BCUT2D eigenvalue weighted by Crippen LogP contribution is 2.54. The summed E-state index contributed by atoms with van der Waals surface area (Å²) < 4.78 is 0. The Morgan fingerprint density at radius 3 is 1.80 bits per heavy atom. The molecule has 0 amide bonds. The van der Waals surface area contributed by atoms with Gasteiger partial charge in [0, 0.05) is 10.4 Å². The van der Waals surface area contributed by atoms with E-state index in [1.807, 2.05) is 12.1 Å². The molecule has 0 saturated carbocycles. The van der Waals surface area contributed by atoms with Crippen molar-refractivity contribution in [2.24, 2.45) is 0 Å². The molecule has 1 unspecified atom stereocenters. The summed E-state index contributed by atoms with van der Waals surface area (Å²) in [4.78, 5) is 0. The molecule has 7 aromatic rings. The van der Waals surface area contributed by atoms with E-state index in [9.17, 15) is 0 Å². The lowest BCUT2D eigenvalue weighted by Crippen LogP contribution is -2.29. The van der Waals surface area contributed by atoms with Crippen molar-refractivity contribution in [3.8, 4) is 33.4 Å². The predicted octanol–water partition coefficient (Wildman–Crippen LogP) is 11.3. The van der Waals surface area contributed by atoms with Gasteiger partial charge in [0.25, 0.3) is 0 Å². The molecule has 7 aromatic carbocycles. The van der Waals surface area contributed by atoms with Crippen LogP contribution in [0.25, 0.3) is 54.9 Å². The summed E-state index contributed by atoms with van der Waals surface area (Å²) in [7, 11) is 0. The molecule has 0 nitrogen and oxygen atoms in total. The fraction of sp³-hybridized carbons (Fsp3) is 0.0500. The van der Waals surface area contributed by atoms with Gasteiger partial charge in [-0.3, -0.25) is 0 Å². The van der Waals surface area contributed by atoms with Gasteiger partial charge in [0.15, 0.2) is 0 Å². The lowest BCUT2D eigenvalue weighted by atomic mass is 9.62. The molecule has 1 heteroatoms. The highest BCUT2D eigenvalue weighted by molar-refractivity contribution is 6.30. The summed E-state index contributed by atoms with van der Waals surface area (Å²) >= 11 is 6.30. The van der Waals surface area contributed by atoms with E-state index in [1.54, 1.807) is 0 Å². The van der Waals surface area contributed by atoms with E-state index in [2.05, 4.69) is 140 Å². The average Bonchev–Trinajstić information content (AvgIpc) is 3.03. The van der Waals surface area contributed by atoms with E-state index in [-0.39, 0.29) is 5.41 Å². The van der Waals surface area contributed by atoms with Gasteiger partial charge < -0.3 is 0 Å². The molecule has 0 spiro atoms. The van der Waals surface area contributed by atoms with Crippen LogP contribution in [-0.2, 0) is 5.41 Å². The van der Waals surface area contributed by atoms with Gasteiger partial charge in [0.05, 0.1) is 0 Å². The second-order valence-corrected chi connectivity index (χ2v) is 11.6. The SMILES string of the molecule is CC1(c2cccc3cccc(-c4ccc(Cl)cc4)c23)c2ccccc2-c2ccc(-c3ccccc3)c3cccc1c23. The molecule has 0 radical (unpaired) electrons. The normalized spacial score (nSPS) is 15.7. The molecule has 0 heterocycles. The summed E-state index contributed by atoms with van der Waals surface area (Å²) in [6.07, 6.45) is 0. The highest BCUT2D eigenvalue weighted by Gasteiger charge is 2.40. The molecule has 0 N–H and O–H groups in total. The fourth-order valence-corrected chi connectivity index (χ4v) is 7.26. The van der Waals surface area contributed by atoms with Crippen molar-refractivity contribution in [2.45, 2.75) is 12.3 Å². The third-order valence-electron chi connectivity index (χ3n) is 9.02. The van der Waals surface area contributed by atoms with Crippen LogP contribution in [0.3, 0.4) is 0 Å².